The second-order valence-corrected chi connectivity index (χ2v) is 6.58. The quantitative estimate of drug-likeness (QED) is 0.670. The molecule has 2 heterocycles. The normalized spacial score (nSPS) is 11.9. The van der Waals surface area contributed by atoms with E-state index >= 15 is 0 Å². The van der Waals surface area contributed by atoms with Gasteiger partial charge < -0.3 is 5.32 Å². The van der Waals surface area contributed by atoms with Crippen molar-refractivity contribution in [1.29, 1.82) is 0 Å². The van der Waals surface area contributed by atoms with Gasteiger partial charge in [-0.1, -0.05) is 12.1 Å². The summed E-state index contributed by atoms with van der Waals surface area (Å²) >= 11 is 0. The number of alkyl halides is 3. The zero-order chi connectivity index (χ0) is 20.4. The van der Waals surface area contributed by atoms with Gasteiger partial charge in [0, 0.05) is 24.2 Å². The van der Waals surface area contributed by atoms with Crippen molar-refractivity contribution in [1.82, 2.24) is 20.2 Å². The number of hydrogen-bond acceptors (Lipinski definition) is 6. The summed E-state index contributed by atoms with van der Waals surface area (Å²) in [7, 11) is 0. The van der Waals surface area contributed by atoms with Crippen molar-refractivity contribution in [3.63, 3.8) is 0 Å². The van der Waals surface area contributed by atoms with E-state index in [0.717, 1.165) is 17.7 Å². The molecule has 0 amide bonds. The standard InChI is InChI=1S/C19H16F3N5O/c1-18(2,15-6-7-25-26-11-15)27-17-23-9-13(10-24-17)16(28)12-4-3-5-14(8-12)19(20,21)22/h3-11H,1-2H3,(H,23,24,27). The van der Waals surface area contributed by atoms with E-state index in [9.17, 15) is 18.0 Å². The third-order valence-electron chi connectivity index (χ3n) is 4.10. The molecular formula is C19H16F3N5O. The van der Waals surface area contributed by atoms with Gasteiger partial charge in [-0.3, -0.25) is 4.79 Å². The lowest BCUT2D eigenvalue weighted by atomic mass is 9.97. The Hall–Kier alpha value is -3.36. The maximum absolute atomic E-state index is 12.8. The first-order chi connectivity index (χ1) is 13.2. The van der Waals surface area contributed by atoms with Crippen LogP contribution in [0.1, 0.15) is 40.9 Å². The number of aromatic nitrogens is 4. The first kappa shape index (κ1) is 19.4. The molecule has 9 heteroatoms. The van der Waals surface area contributed by atoms with Crippen LogP contribution in [0, 0.1) is 0 Å². The van der Waals surface area contributed by atoms with E-state index in [1.165, 1.54) is 24.5 Å². The molecule has 0 aliphatic carbocycles. The van der Waals surface area contributed by atoms with Crippen molar-refractivity contribution in [2.45, 2.75) is 25.6 Å². The van der Waals surface area contributed by atoms with Crippen molar-refractivity contribution < 1.29 is 18.0 Å². The maximum Gasteiger partial charge on any atom is 0.416 e. The van der Waals surface area contributed by atoms with Crippen LogP contribution in [-0.4, -0.2) is 25.9 Å². The first-order valence-electron chi connectivity index (χ1n) is 8.26. The number of carbonyl (C=O) groups excluding carboxylic acids is 1. The molecule has 28 heavy (non-hydrogen) atoms. The second-order valence-electron chi connectivity index (χ2n) is 6.58. The van der Waals surface area contributed by atoms with Crippen LogP contribution >= 0.6 is 0 Å². The van der Waals surface area contributed by atoms with Crippen LogP contribution in [0.4, 0.5) is 19.1 Å². The third kappa shape index (κ3) is 4.30. The van der Waals surface area contributed by atoms with Crippen LogP contribution in [0.3, 0.4) is 0 Å². The van der Waals surface area contributed by atoms with E-state index in [2.05, 4.69) is 25.5 Å². The van der Waals surface area contributed by atoms with Crippen molar-refractivity contribution >= 4 is 11.7 Å². The minimum Gasteiger partial charge on any atom is -0.345 e. The molecule has 0 fully saturated rings. The number of nitrogens with zero attached hydrogens (tertiary/aromatic N) is 4. The Morgan fingerprint density at radius 2 is 1.64 bits per heavy atom. The van der Waals surface area contributed by atoms with Crippen LogP contribution in [0.2, 0.25) is 0 Å². The maximum atomic E-state index is 12.8. The van der Waals surface area contributed by atoms with E-state index in [1.54, 1.807) is 18.5 Å². The average Bonchev–Trinajstić information content (AvgIpc) is 2.68. The lowest BCUT2D eigenvalue weighted by Crippen LogP contribution is -2.29. The smallest absolute Gasteiger partial charge is 0.345 e. The summed E-state index contributed by atoms with van der Waals surface area (Å²) in [6.45, 7) is 3.80. The predicted octanol–water partition coefficient (Wildman–Crippen LogP) is 3.86. The van der Waals surface area contributed by atoms with Gasteiger partial charge in [0.2, 0.25) is 5.95 Å². The molecule has 3 aromatic rings. The Balaban J connectivity index is 1.78. The van der Waals surface area contributed by atoms with Gasteiger partial charge in [-0.05, 0) is 37.6 Å². The van der Waals surface area contributed by atoms with Crippen LogP contribution in [-0.2, 0) is 11.7 Å². The number of nitrogens with one attached hydrogen (secondary N) is 1. The first-order valence-corrected chi connectivity index (χ1v) is 8.26. The number of benzene rings is 1. The molecule has 1 aromatic carbocycles. The Labute approximate surface area is 158 Å². The second kappa shape index (κ2) is 7.34. The molecule has 2 aromatic heterocycles. The molecule has 0 bridgehead atoms. The van der Waals surface area contributed by atoms with Gasteiger partial charge in [-0.25, -0.2) is 9.97 Å². The molecule has 6 nitrogen and oxygen atoms in total. The largest absolute Gasteiger partial charge is 0.416 e. The molecule has 1 N–H and O–H groups in total. The Morgan fingerprint density at radius 3 is 2.25 bits per heavy atom. The molecule has 0 aliphatic rings. The Kier molecular flexibility index (Phi) is 5.08. The van der Waals surface area contributed by atoms with Gasteiger partial charge in [0.05, 0.1) is 22.9 Å². The molecule has 3 rings (SSSR count). The molecule has 0 aliphatic heterocycles. The molecule has 144 valence electrons. The van der Waals surface area contributed by atoms with Crippen molar-refractivity contribution in [3.05, 3.63) is 77.4 Å². The lowest BCUT2D eigenvalue weighted by molar-refractivity contribution is -0.137. The summed E-state index contributed by atoms with van der Waals surface area (Å²) in [4.78, 5) is 20.7. The summed E-state index contributed by atoms with van der Waals surface area (Å²) in [5, 5.41) is 10.7. The van der Waals surface area contributed by atoms with E-state index in [0.29, 0.717) is 0 Å². The van der Waals surface area contributed by atoms with Gasteiger partial charge in [0.1, 0.15) is 0 Å². The molecule has 0 radical (unpaired) electrons. The summed E-state index contributed by atoms with van der Waals surface area (Å²) in [5.41, 5.74) is -0.571. The van der Waals surface area contributed by atoms with Gasteiger partial charge in [0.15, 0.2) is 5.78 Å². The van der Waals surface area contributed by atoms with Crippen LogP contribution in [0.5, 0.6) is 0 Å². The van der Waals surface area contributed by atoms with Crippen LogP contribution in [0.25, 0.3) is 0 Å². The highest BCUT2D eigenvalue weighted by Gasteiger charge is 2.31. The van der Waals surface area contributed by atoms with E-state index in [-0.39, 0.29) is 17.1 Å². The zero-order valence-corrected chi connectivity index (χ0v) is 15.0. The fraction of sp³-hybridized carbons (Fsp3) is 0.211. The Bertz CT molecular complexity index is 973. The zero-order valence-electron chi connectivity index (χ0n) is 15.0. The lowest BCUT2D eigenvalue weighted by Gasteiger charge is -2.26. The molecule has 0 atom stereocenters. The molecule has 0 spiro atoms. The van der Waals surface area contributed by atoms with Crippen molar-refractivity contribution in [3.8, 4) is 0 Å². The van der Waals surface area contributed by atoms with E-state index in [4.69, 9.17) is 0 Å². The number of carbonyl (C=O) groups is 1. The van der Waals surface area contributed by atoms with Crippen molar-refractivity contribution in [2.75, 3.05) is 5.32 Å². The SMILES string of the molecule is CC(C)(Nc1ncc(C(=O)c2cccc(C(F)(F)F)c2)cn1)c1ccnnc1. The fourth-order valence-corrected chi connectivity index (χ4v) is 2.53. The monoisotopic (exact) mass is 387 g/mol. The fourth-order valence-electron chi connectivity index (χ4n) is 2.53. The van der Waals surface area contributed by atoms with E-state index < -0.39 is 23.1 Å². The van der Waals surface area contributed by atoms with Crippen LogP contribution in [0.15, 0.2) is 55.1 Å². The average molecular weight is 387 g/mol. The van der Waals surface area contributed by atoms with Gasteiger partial charge >= 0.3 is 6.18 Å². The third-order valence-corrected chi connectivity index (χ3v) is 4.10. The van der Waals surface area contributed by atoms with Crippen LogP contribution < -0.4 is 5.32 Å². The number of halogens is 3. The van der Waals surface area contributed by atoms with Gasteiger partial charge in [0.25, 0.3) is 0 Å². The van der Waals surface area contributed by atoms with Gasteiger partial charge in [-0.2, -0.15) is 23.4 Å². The van der Waals surface area contributed by atoms with Crippen molar-refractivity contribution in [2.24, 2.45) is 0 Å². The highest BCUT2D eigenvalue weighted by molar-refractivity contribution is 6.08. The van der Waals surface area contributed by atoms with E-state index in [1.807, 2.05) is 13.8 Å². The summed E-state index contributed by atoms with van der Waals surface area (Å²) in [6, 6.07) is 6.04. The highest BCUT2D eigenvalue weighted by atomic mass is 19.4. The molecule has 0 saturated heterocycles. The number of ketones is 1. The minimum atomic E-state index is -4.52. The summed E-state index contributed by atoms with van der Waals surface area (Å²) < 4.78 is 38.5. The van der Waals surface area contributed by atoms with Gasteiger partial charge in [-0.15, -0.1) is 0 Å². The highest BCUT2D eigenvalue weighted by Crippen LogP contribution is 2.30. The summed E-state index contributed by atoms with van der Waals surface area (Å²) in [5.74, 6) is -0.322. The molecule has 0 saturated carbocycles. The minimum absolute atomic E-state index is 0.0812. The number of anilines is 1. The molecular weight excluding hydrogens is 371 g/mol. The topological polar surface area (TPSA) is 80.7 Å². The summed E-state index contributed by atoms with van der Waals surface area (Å²) in [6.07, 6.45) is 1.21. The number of rotatable bonds is 5. The number of hydrogen-bond donors (Lipinski definition) is 1. The predicted molar refractivity (Wildman–Crippen MR) is 95.6 cm³/mol. The molecule has 0 unspecified atom stereocenters. The Morgan fingerprint density at radius 1 is 0.929 bits per heavy atom.